The highest BCUT2D eigenvalue weighted by atomic mass is 15.3. The lowest BCUT2D eigenvalue weighted by molar-refractivity contribution is 0.253. The van der Waals surface area contributed by atoms with Crippen molar-refractivity contribution < 1.29 is 0 Å². The van der Waals surface area contributed by atoms with Gasteiger partial charge in [0.15, 0.2) is 0 Å². The number of rotatable bonds is 4. The predicted molar refractivity (Wildman–Crippen MR) is 89.6 cm³/mol. The third-order valence-electron chi connectivity index (χ3n) is 5.01. The number of aryl methyl sites for hydroxylation is 1. The minimum absolute atomic E-state index is 0.153. The summed E-state index contributed by atoms with van der Waals surface area (Å²) in [6.45, 7) is 14.3. The van der Waals surface area contributed by atoms with Gasteiger partial charge in [0.2, 0.25) is 0 Å². The second-order valence-corrected chi connectivity index (χ2v) is 7.78. The van der Waals surface area contributed by atoms with Crippen molar-refractivity contribution in [3.63, 3.8) is 0 Å². The molecule has 2 rings (SSSR count). The van der Waals surface area contributed by atoms with E-state index in [4.69, 9.17) is 5.10 Å². The lowest BCUT2D eigenvalue weighted by atomic mass is 9.84. The molecule has 0 amide bonds. The van der Waals surface area contributed by atoms with E-state index < -0.39 is 0 Å². The fraction of sp³-hybridized carbons (Fsp3) is 0.833. The molecule has 1 aliphatic carbocycles. The third kappa shape index (κ3) is 4.09. The van der Waals surface area contributed by atoms with Crippen molar-refractivity contribution in [2.24, 2.45) is 5.92 Å². The zero-order valence-electron chi connectivity index (χ0n) is 14.8. The lowest BCUT2D eigenvalue weighted by Gasteiger charge is -2.29. The fourth-order valence-corrected chi connectivity index (χ4v) is 3.46. The Morgan fingerprint density at radius 3 is 2.29 bits per heavy atom. The Labute approximate surface area is 130 Å². The summed E-state index contributed by atoms with van der Waals surface area (Å²) < 4.78 is 2.32. The molecule has 21 heavy (non-hydrogen) atoms. The zero-order valence-corrected chi connectivity index (χ0v) is 14.8. The Morgan fingerprint density at radius 2 is 1.76 bits per heavy atom. The van der Waals surface area contributed by atoms with Crippen molar-refractivity contribution >= 4 is 0 Å². The van der Waals surface area contributed by atoms with Gasteiger partial charge in [-0.15, -0.1) is 0 Å². The first-order chi connectivity index (χ1) is 9.81. The molecule has 0 saturated heterocycles. The molecule has 120 valence electrons. The van der Waals surface area contributed by atoms with Gasteiger partial charge in [0.05, 0.1) is 11.7 Å². The van der Waals surface area contributed by atoms with Crippen LogP contribution in [-0.2, 0) is 6.54 Å². The van der Waals surface area contributed by atoms with Gasteiger partial charge in [-0.2, -0.15) is 5.10 Å². The van der Waals surface area contributed by atoms with E-state index in [1.165, 1.54) is 49.1 Å². The Bertz CT molecular complexity index is 460. The van der Waals surface area contributed by atoms with Crippen LogP contribution >= 0.6 is 0 Å². The van der Waals surface area contributed by atoms with Crippen LogP contribution < -0.4 is 5.32 Å². The molecule has 0 radical (unpaired) electrons. The van der Waals surface area contributed by atoms with Crippen LogP contribution in [0, 0.1) is 19.8 Å². The molecule has 0 aliphatic heterocycles. The maximum atomic E-state index is 4.86. The minimum atomic E-state index is 0.153. The van der Waals surface area contributed by atoms with Crippen LogP contribution in [0.2, 0.25) is 0 Å². The molecule has 0 aromatic carbocycles. The van der Waals surface area contributed by atoms with E-state index in [0.717, 1.165) is 12.5 Å². The smallest absolute Gasteiger partial charge is 0.0641 e. The summed E-state index contributed by atoms with van der Waals surface area (Å²) >= 11 is 0. The molecule has 0 unspecified atom stereocenters. The van der Waals surface area contributed by atoms with Crippen molar-refractivity contribution in [1.82, 2.24) is 15.1 Å². The van der Waals surface area contributed by atoms with Gasteiger partial charge in [-0.05, 0) is 66.2 Å². The molecular formula is C18H33N3. The number of nitrogens with one attached hydrogen (secondary N) is 1. The van der Waals surface area contributed by atoms with Gasteiger partial charge in [0.25, 0.3) is 0 Å². The summed E-state index contributed by atoms with van der Waals surface area (Å²) in [7, 11) is 0. The quantitative estimate of drug-likeness (QED) is 0.883. The first kappa shape index (κ1) is 16.5. The van der Waals surface area contributed by atoms with Crippen molar-refractivity contribution in [1.29, 1.82) is 0 Å². The van der Waals surface area contributed by atoms with Crippen LogP contribution in [-0.4, -0.2) is 15.3 Å². The average Bonchev–Trinajstić information content (AvgIpc) is 2.71. The van der Waals surface area contributed by atoms with Crippen LogP contribution in [0.5, 0.6) is 0 Å². The van der Waals surface area contributed by atoms with Gasteiger partial charge in [-0.3, -0.25) is 4.68 Å². The van der Waals surface area contributed by atoms with Crippen LogP contribution in [0.15, 0.2) is 0 Å². The Kier molecular flexibility index (Phi) is 5.13. The van der Waals surface area contributed by atoms with Crippen molar-refractivity contribution in [2.45, 2.75) is 91.8 Å². The second-order valence-electron chi connectivity index (χ2n) is 7.78. The molecule has 1 fully saturated rings. The first-order valence-corrected chi connectivity index (χ1v) is 8.61. The summed E-state index contributed by atoms with van der Waals surface area (Å²) in [6.07, 6.45) is 6.67. The highest BCUT2D eigenvalue weighted by molar-refractivity contribution is 5.25. The highest BCUT2D eigenvalue weighted by Crippen LogP contribution is 2.34. The zero-order chi connectivity index (χ0) is 15.6. The van der Waals surface area contributed by atoms with E-state index in [2.05, 4.69) is 51.5 Å². The Morgan fingerprint density at radius 1 is 1.14 bits per heavy atom. The van der Waals surface area contributed by atoms with Gasteiger partial charge < -0.3 is 5.32 Å². The Hall–Kier alpha value is -0.830. The highest BCUT2D eigenvalue weighted by Gasteiger charge is 2.24. The molecule has 0 bridgehead atoms. The molecule has 0 spiro atoms. The summed E-state index contributed by atoms with van der Waals surface area (Å²) in [6, 6.07) is 0.620. The van der Waals surface area contributed by atoms with E-state index >= 15 is 0 Å². The minimum Gasteiger partial charge on any atom is -0.308 e. The van der Waals surface area contributed by atoms with Crippen molar-refractivity contribution in [3.8, 4) is 0 Å². The third-order valence-corrected chi connectivity index (χ3v) is 5.01. The monoisotopic (exact) mass is 291 g/mol. The fourth-order valence-electron chi connectivity index (χ4n) is 3.46. The first-order valence-electron chi connectivity index (χ1n) is 8.61. The molecule has 1 saturated carbocycles. The molecule has 3 nitrogen and oxygen atoms in total. The number of aromatic nitrogens is 2. The molecule has 1 aromatic heterocycles. The van der Waals surface area contributed by atoms with Gasteiger partial charge in [-0.1, -0.05) is 13.3 Å². The maximum Gasteiger partial charge on any atom is 0.0641 e. The van der Waals surface area contributed by atoms with E-state index in [1.807, 2.05) is 0 Å². The van der Waals surface area contributed by atoms with Gasteiger partial charge >= 0.3 is 0 Å². The van der Waals surface area contributed by atoms with Gasteiger partial charge in [-0.25, -0.2) is 0 Å². The van der Waals surface area contributed by atoms with E-state index in [9.17, 15) is 0 Å². The average molecular weight is 291 g/mol. The summed E-state index contributed by atoms with van der Waals surface area (Å²) in [5.41, 5.74) is 4.11. The largest absolute Gasteiger partial charge is 0.308 e. The maximum absolute atomic E-state index is 4.86. The van der Waals surface area contributed by atoms with Crippen LogP contribution in [0.4, 0.5) is 0 Å². The summed E-state index contributed by atoms with van der Waals surface area (Å²) in [5.74, 6) is 0.945. The summed E-state index contributed by atoms with van der Waals surface area (Å²) in [5, 5.41) is 8.46. The predicted octanol–water partition coefficient (Wildman–Crippen LogP) is 4.53. The van der Waals surface area contributed by atoms with Crippen LogP contribution in [0.1, 0.15) is 82.8 Å². The van der Waals surface area contributed by atoms with Crippen LogP contribution in [0.25, 0.3) is 0 Å². The Balaban J connectivity index is 2.08. The van der Waals surface area contributed by atoms with Crippen LogP contribution in [0.3, 0.4) is 0 Å². The van der Waals surface area contributed by atoms with E-state index in [-0.39, 0.29) is 5.54 Å². The second kappa shape index (κ2) is 6.51. The molecule has 1 heterocycles. The molecule has 1 N–H and O–H groups in total. The molecule has 1 aromatic rings. The van der Waals surface area contributed by atoms with Gasteiger partial charge in [0, 0.05) is 23.3 Å². The summed E-state index contributed by atoms with van der Waals surface area (Å²) in [4.78, 5) is 0. The number of hydrogen-bond donors (Lipinski definition) is 1. The van der Waals surface area contributed by atoms with E-state index in [1.54, 1.807) is 0 Å². The molecular weight excluding hydrogens is 258 g/mol. The number of hydrogen-bond acceptors (Lipinski definition) is 2. The van der Waals surface area contributed by atoms with Gasteiger partial charge in [0.1, 0.15) is 0 Å². The lowest BCUT2D eigenvalue weighted by Crippen LogP contribution is -2.35. The topological polar surface area (TPSA) is 29.9 Å². The van der Waals surface area contributed by atoms with E-state index in [0.29, 0.717) is 6.04 Å². The van der Waals surface area contributed by atoms with Crippen molar-refractivity contribution in [3.05, 3.63) is 17.0 Å². The normalized spacial score (nSPS) is 23.5. The molecule has 1 aliphatic rings. The molecule has 0 atom stereocenters. The number of nitrogens with zero attached hydrogens (tertiary/aromatic N) is 2. The molecule has 3 heteroatoms. The SMILES string of the molecule is CCC1CCC(n2nc(C)c(CNC(C)(C)C)c2C)CC1. The standard InChI is InChI=1S/C18H33N3/c1-7-15-8-10-16(11-9-15)21-14(3)17(13(2)20-21)12-19-18(4,5)6/h15-16,19H,7-12H2,1-6H3. The van der Waals surface area contributed by atoms with Crippen molar-refractivity contribution in [2.75, 3.05) is 0 Å².